The molecule has 102 valence electrons. The number of carboxylic acids is 1. The molecule has 0 fully saturated rings. The second-order valence-electron chi connectivity index (χ2n) is 4.36. The first-order valence-corrected chi connectivity index (χ1v) is 6.50. The van der Waals surface area contributed by atoms with Crippen molar-refractivity contribution in [3.63, 3.8) is 0 Å². The van der Waals surface area contributed by atoms with E-state index in [9.17, 15) is 4.79 Å². The fraction of sp³-hybridized carbons (Fsp3) is 0.917. The van der Waals surface area contributed by atoms with Crippen molar-refractivity contribution in [2.75, 3.05) is 19.6 Å². The van der Waals surface area contributed by atoms with Gasteiger partial charge in [0.15, 0.2) is 0 Å². The van der Waals surface area contributed by atoms with Crippen molar-refractivity contribution in [2.24, 2.45) is 0 Å². The van der Waals surface area contributed by atoms with Crippen molar-refractivity contribution in [2.45, 2.75) is 52.0 Å². The Labute approximate surface area is 104 Å². The summed E-state index contributed by atoms with van der Waals surface area (Å²) in [5.74, 6) is -0.994. The van der Waals surface area contributed by atoms with Crippen LogP contribution < -0.4 is 5.48 Å². The van der Waals surface area contributed by atoms with Crippen LogP contribution in [0.5, 0.6) is 0 Å². The number of carbonyl (C=O) groups is 1. The zero-order valence-electron chi connectivity index (χ0n) is 11.0. The normalized spacial score (nSPS) is 12.9. The van der Waals surface area contributed by atoms with Crippen molar-refractivity contribution in [1.29, 1.82) is 0 Å². The molecule has 0 unspecified atom stereocenters. The lowest BCUT2D eigenvalue weighted by Gasteiger charge is -2.21. The minimum absolute atomic E-state index is 0.470. The van der Waals surface area contributed by atoms with Gasteiger partial charge in [-0.1, -0.05) is 13.8 Å². The fourth-order valence-corrected chi connectivity index (χ4v) is 1.89. The van der Waals surface area contributed by atoms with Crippen LogP contribution in [0.2, 0.25) is 0 Å². The highest BCUT2D eigenvalue weighted by atomic mass is 16.5. The number of hydrogen-bond donors (Lipinski definition) is 3. The maximum absolute atomic E-state index is 10.6. The summed E-state index contributed by atoms with van der Waals surface area (Å²) in [5.41, 5.74) is 1.83. The van der Waals surface area contributed by atoms with Gasteiger partial charge in [-0.3, -0.25) is 4.79 Å². The van der Waals surface area contributed by atoms with Crippen LogP contribution in [0, 0.1) is 0 Å². The van der Waals surface area contributed by atoms with Crippen LogP contribution in [0.3, 0.4) is 0 Å². The largest absolute Gasteiger partial charge is 0.480 e. The zero-order chi connectivity index (χ0) is 13.1. The van der Waals surface area contributed by atoms with Crippen LogP contribution in [-0.4, -0.2) is 46.9 Å². The smallest absolute Gasteiger partial charge is 0.323 e. The number of carboxylic acid groups (broad SMARTS) is 1. The van der Waals surface area contributed by atoms with Crippen LogP contribution in [0.1, 0.15) is 46.0 Å². The third kappa shape index (κ3) is 8.12. The van der Waals surface area contributed by atoms with Crippen molar-refractivity contribution < 1.29 is 15.1 Å². The molecule has 0 spiro atoms. The van der Waals surface area contributed by atoms with E-state index in [1.165, 1.54) is 0 Å². The van der Waals surface area contributed by atoms with Crippen molar-refractivity contribution in [1.82, 2.24) is 10.4 Å². The van der Waals surface area contributed by atoms with E-state index in [-0.39, 0.29) is 0 Å². The van der Waals surface area contributed by atoms with Crippen molar-refractivity contribution in [3.8, 4) is 0 Å². The molecule has 5 nitrogen and oxygen atoms in total. The Morgan fingerprint density at radius 3 is 2.18 bits per heavy atom. The lowest BCUT2D eigenvalue weighted by Crippen LogP contribution is -2.34. The second kappa shape index (κ2) is 10.5. The highest BCUT2D eigenvalue weighted by Crippen LogP contribution is 2.04. The molecule has 0 saturated heterocycles. The molecule has 17 heavy (non-hydrogen) atoms. The molecule has 0 aliphatic rings. The van der Waals surface area contributed by atoms with Gasteiger partial charge in [0.1, 0.15) is 6.04 Å². The zero-order valence-corrected chi connectivity index (χ0v) is 11.0. The Morgan fingerprint density at radius 1 is 1.18 bits per heavy atom. The first-order valence-electron chi connectivity index (χ1n) is 6.50. The molecule has 0 heterocycles. The third-order valence-corrected chi connectivity index (χ3v) is 2.75. The van der Waals surface area contributed by atoms with Gasteiger partial charge in [0.25, 0.3) is 0 Å². The van der Waals surface area contributed by atoms with Gasteiger partial charge >= 0.3 is 5.97 Å². The molecule has 0 aromatic rings. The summed E-state index contributed by atoms with van der Waals surface area (Å²) in [7, 11) is 0. The molecule has 0 radical (unpaired) electrons. The Balaban J connectivity index is 3.69. The van der Waals surface area contributed by atoms with Gasteiger partial charge in [-0.15, -0.1) is 0 Å². The number of aliphatic carboxylic acids is 1. The van der Waals surface area contributed by atoms with Gasteiger partial charge < -0.3 is 15.2 Å². The van der Waals surface area contributed by atoms with Gasteiger partial charge in [-0.05, 0) is 51.7 Å². The average Bonchev–Trinajstić information content (AvgIpc) is 2.29. The molecule has 0 rings (SSSR count). The molecule has 0 aromatic heterocycles. The van der Waals surface area contributed by atoms with Gasteiger partial charge in [0.05, 0.1) is 0 Å². The fourth-order valence-electron chi connectivity index (χ4n) is 1.89. The summed E-state index contributed by atoms with van der Waals surface area (Å²) in [6.07, 6.45) is 4.56. The third-order valence-electron chi connectivity index (χ3n) is 2.75. The van der Waals surface area contributed by atoms with Gasteiger partial charge in [0, 0.05) is 0 Å². The molecule has 0 amide bonds. The van der Waals surface area contributed by atoms with E-state index in [2.05, 4.69) is 18.7 Å². The maximum Gasteiger partial charge on any atom is 0.323 e. The second-order valence-corrected chi connectivity index (χ2v) is 4.36. The molecule has 1 atom stereocenters. The SMILES string of the molecule is CCCN(CCC)CCCC[C@H](NO)C(=O)O. The van der Waals surface area contributed by atoms with E-state index in [1.54, 1.807) is 0 Å². The van der Waals surface area contributed by atoms with Crippen molar-refractivity contribution >= 4 is 5.97 Å². The molecule has 5 heteroatoms. The Bertz CT molecular complexity index is 194. The summed E-state index contributed by atoms with van der Waals surface area (Å²) in [4.78, 5) is 13.0. The molecule has 0 aliphatic carbocycles. The molecule has 0 saturated carbocycles. The van der Waals surface area contributed by atoms with Crippen molar-refractivity contribution in [3.05, 3.63) is 0 Å². The summed E-state index contributed by atoms with van der Waals surface area (Å²) < 4.78 is 0. The number of rotatable bonds is 11. The molecular formula is C12H26N2O3. The molecule has 0 aliphatic heterocycles. The highest BCUT2D eigenvalue weighted by molar-refractivity contribution is 5.73. The summed E-state index contributed by atoms with van der Waals surface area (Å²) in [6, 6.07) is -0.833. The minimum Gasteiger partial charge on any atom is -0.480 e. The number of unbranched alkanes of at least 4 members (excludes halogenated alkanes) is 1. The first kappa shape index (κ1) is 16.4. The topological polar surface area (TPSA) is 72.8 Å². The van der Waals surface area contributed by atoms with Crippen LogP contribution in [-0.2, 0) is 4.79 Å². The summed E-state index contributed by atoms with van der Waals surface area (Å²) in [6.45, 7) is 7.56. The highest BCUT2D eigenvalue weighted by Gasteiger charge is 2.15. The molecule has 0 bridgehead atoms. The van der Waals surface area contributed by atoms with Crippen LogP contribution in [0.15, 0.2) is 0 Å². The van der Waals surface area contributed by atoms with Gasteiger partial charge in [-0.25, -0.2) is 0 Å². The predicted molar refractivity (Wildman–Crippen MR) is 67.2 cm³/mol. The molecule has 3 N–H and O–H groups in total. The predicted octanol–water partition coefficient (Wildman–Crippen LogP) is 1.71. The van der Waals surface area contributed by atoms with Crippen LogP contribution >= 0.6 is 0 Å². The Hall–Kier alpha value is -0.650. The molecular weight excluding hydrogens is 220 g/mol. The maximum atomic E-state index is 10.6. The number of hydroxylamine groups is 1. The van der Waals surface area contributed by atoms with E-state index < -0.39 is 12.0 Å². The number of nitrogens with one attached hydrogen (secondary N) is 1. The van der Waals surface area contributed by atoms with E-state index >= 15 is 0 Å². The van der Waals surface area contributed by atoms with Crippen LogP contribution in [0.25, 0.3) is 0 Å². The van der Waals surface area contributed by atoms with Gasteiger partial charge in [-0.2, -0.15) is 5.48 Å². The number of hydrogen-bond acceptors (Lipinski definition) is 4. The standard InChI is InChI=1S/C12H26N2O3/c1-3-8-14(9-4-2)10-6-5-7-11(13-17)12(15)16/h11,13,17H,3-10H2,1-2H3,(H,15,16)/t11-/m0/s1. The first-order chi connectivity index (χ1) is 8.15. The monoisotopic (exact) mass is 246 g/mol. The summed E-state index contributed by atoms with van der Waals surface area (Å²) in [5, 5.41) is 17.3. The molecule has 0 aromatic carbocycles. The minimum atomic E-state index is -0.994. The summed E-state index contributed by atoms with van der Waals surface area (Å²) >= 11 is 0. The van der Waals surface area contributed by atoms with E-state index in [0.717, 1.165) is 45.3 Å². The van der Waals surface area contributed by atoms with Gasteiger partial charge in [0.2, 0.25) is 0 Å². The Morgan fingerprint density at radius 2 is 1.76 bits per heavy atom. The Kier molecular flexibility index (Phi) is 10.1. The lowest BCUT2D eigenvalue weighted by molar-refractivity contribution is -0.142. The van der Waals surface area contributed by atoms with E-state index in [0.29, 0.717) is 6.42 Å². The lowest BCUT2D eigenvalue weighted by atomic mass is 10.1. The number of nitrogens with zero attached hydrogens (tertiary/aromatic N) is 1. The quantitative estimate of drug-likeness (QED) is 0.382. The van der Waals surface area contributed by atoms with E-state index in [4.69, 9.17) is 10.3 Å². The van der Waals surface area contributed by atoms with Crippen LogP contribution in [0.4, 0.5) is 0 Å². The average molecular weight is 246 g/mol. The van der Waals surface area contributed by atoms with E-state index in [1.807, 2.05) is 5.48 Å².